The lowest BCUT2D eigenvalue weighted by molar-refractivity contribution is 0.0697. The molecule has 0 aliphatic carbocycles. The average Bonchev–Trinajstić information content (AvgIpc) is 2.89. The smallest absolute Gasteiger partial charge is 0.335 e. The Morgan fingerprint density at radius 2 is 1.68 bits per heavy atom. The molecule has 3 nitrogen and oxygen atoms in total. The molecule has 0 unspecified atom stereocenters. The molecule has 110 valence electrons. The van der Waals surface area contributed by atoms with E-state index >= 15 is 0 Å². The SMILES string of the molecule is Cc1cc(C(=O)O)ccc1-n1c(C)ccc1-c1ccccc1. The molecule has 0 aliphatic heterocycles. The summed E-state index contributed by atoms with van der Waals surface area (Å²) in [6.07, 6.45) is 0. The molecule has 0 saturated heterocycles. The summed E-state index contributed by atoms with van der Waals surface area (Å²) in [5, 5.41) is 9.11. The molecule has 0 saturated carbocycles. The number of hydrogen-bond donors (Lipinski definition) is 1. The largest absolute Gasteiger partial charge is 0.478 e. The average molecular weight is 291 g/mol. The van der Waals surface area contributed by atoms with Crippen LogP contribution in [0.3, 0.4) is 0 Å². The standard InChI is InChI=1S/C19H17NO2/c1-13-12-16(19(21)22)9-11-17(13)20-14(2)8-10-18(20)15-6-4-3-5-7-15/h3-12H,1-2H3,(H,21,22). The highest BCUT2D eigenvalue weighted by molar-refractivity contribution is 5.88. The van der Waals surface area contributed by atoms with Gasteiger partial charge in [-0.2, -0.15) is 0 Å². The predicted octanol–water partition coefficient (Wildman–Crippen LogP) is 4.46. The third-order valence-corrected chi connectivity index (χ3v) is 3.83. The summed E-state index contributed by atoms with van der Waals surface area (Å²) in [4.78, 5) is 11.1. The molecule has 0 atom stereocenters. The Morgan fingerprint density at radius 1 is 0.955 bits per heavy atom. The number of carboxylic acid groups (broad SMARTS) is 1. The topological polar surface area (TPSA) is 42.2 Å². The van der Waals surface area contributed by atoms with Gasteiger partial charge in [-0.15, -0.1) is 0 Å². The fraction of sp³-hybridized carbons (Fsp3) is 0.105. The van der Waals surface area contributed by atoms with Gasteiger partial charge in [0.1, 0.15) is 0 Å². The van der Waals surface area contributed by atoms with Gasteiger partial charge in [-0.25, -0.2) is 4.79 Å². The fourth-order valence-electron chi connectivity index (χ4n) is 2.73. The Morgan fingerprint density at radius 3 is 2.32 bits per heavy atom. The zero-order valence-electron chi connectivity index (χ0n) is 12.6. The van der Waals surface area contributed by atoms with Crippen molar-refractivity contribution in [1.82, 2.24) is 4.57 Å². The third-order valence-electron chi connectivity index (χ3n) is 3.83. The van der Waals surface area contributed by atoms with Crippen LogP contribution >= 0.6 is 0 Å². The second-order valence-electron chi connectivity index (χ2n) is 5.37. The van der Waals surface area contributed by atoms with Crippen LogP contribution in [0.2, 0.25) is 0 Å². The predicted molar refractivity (Wildman–Crippen MR) is 87.6 cm³/mol. The number of nitrogens with zero attached hydrogens (tertiary/aromatic N) is 1. The van der Waals surface area contributed by atoms with Crippen LogP contribution in [0.25, 0.3) is 16.9 Å². The number of aromatic carboxylic acids is 1. The monoisotopic (exact) mass is 291 g/mol. The Hall–Kier alpha value is -2.81. The van der Waals surface area contributed by atoms with Crippen molar-refractivity contribution in [3.63, 3.8) is 0 Å². The van der Waals surface area contributed by atoms with Gasteiger partial charge in [0.2, 0.25) is 0 Å². The van der Waals surface area contributed by atoms with Crippen LogP contribution in [0.1, 0.15) is 21.6 Å². The molecule has 1 heterocycles. The summed E-state index contributed by atoms with van der Waals surface area (Å²) in [6.45, 7) is 3.99. The van der Waals surface area contributed by atoms with E-state index in [0.717, 1.165) is 28.2 Å². The van der Waals surface area contributed by atoms with E-state index in [1.165, 1.54) is 0 Å². The molecule has 0 bridgehead atoms. The maximum Gasteiger partial charge on any atom is 0.335 e. The van der Waals surface area contributed by atoms with Crippen LogP contribution < -0.4 is 0 Å². The zero-order valence-corrected chi connectivity index (χ0v) is 12.6. The van der Waals surface area contributed by atoms with E-state index in [4.69, 9.17) is 5.11 Å². The molecule has 0 radical (unpaired) electrons. The second kappa shape index (κ2) is 5.53. The van der Waals surface area contributed by atoms with Crippen LogP contribution in [0.5, 0.6) is 0 Å². The molecule has 1 aromatic heterocycles. The highest BCUT2D eigenvalue weighted by Gasteiger charge is 2.12. The van der Waals surface area contributed by atoms with Gasteiger partial charge < -0.3 is 9.67 Å². The van der Waals surface area contributed by atoms with E-state index in [2.05, 4.69) is 35.8 Å². The first-order valence-corrected chi connectivity index (χ1v) is 7.16. The minimum absolute atomic E-state index is 0.312. The van der Waals surface area contributed by atoms with Crippen molar-refractivity contribution in [2.24, 2.45) is 0 Å². The van der Waals surface area contributed by atoms with Gasteiger partial charge in [-0.3, -0.25) is 0 Å². The number of rotatable bonds is 3. The molecule has 3 aromatic rings. The van der Waals surface area contributed by atoms with Gasteiger partial charge in [0.05, 0.1) is 11.3 Å². The molecular formula is C19H17NO2. The van der Waals surface area contributed by atoms with Crippen LogP contribution in [0.15, 0.2) is 60.7 Å². The molecule has 1 N–H and O–H groups in total. The van der Waals surface area contributed by atoms with Crippen LogP contribution in [0, 0.1) is 13.8 Å². The lowest BCUT2D eigenvalue weighted by Crippen LogP contribution is -2.04. The van der Waals surface area contributed by atoms with Gasteiger partial charge in [-0.05, 0) is 55.3 Å². The number of carbonyl (C=O) groups is 1. The number of aryl methyl sites for hydroxylation is 2. The van der Waals surface area contributed by atoms with Crippen molar-refractivity contribution < 1.29 is 9.90 Å². The molecule has 0 aliphatic rings. The first kappa shape index (κ1) is 14.1. The van der Waals surface area contributed by atoms with Gasteiger partial charge in [0, 0.05) is 11.4 Å². The Balaban J connectivity index is 2.17. The van der Waals surface area contributed by atoms with Crippen molar-refractivity contribution in [3.05, 3.63) is 77.5 Å². The number of aromatic nitrogens is 1. The Bertz CT molecular complexity index is 832. The lowest BCUT2D eigenvalue weighted by atomic mass is 10.1. The molecule has 0 amide bonds. The van der Waals surface area contributed by atoms with Crippen LogP contribution in [0.4, 0.5) is 0 Å². The quantitative estimate of drug-likeness (QED) is 0.774. The second-order valence-corrected chi connectivity index (χ2v) is 5.37. The van der Waals surface area contributed by atoms with Crippen molar-refractivity contribution in [1.29, 1.82) is 0 Å². The molecule has 3 heteroatoms. The van der Waals surface area contributed by atoms with Gasteiger partial charge in [0.25, 0.3) is 0 Å². The third kappa shape index (κ3) is 2.42. The van der Waals surface area contributed by atoms with E-state index in [-0.39, 0.29) is 0 Å². The summed E-state index contributed by atoms with van der Waals surface area (Å²) in [7, 11) is 0. The maximum atomic E-state index is 11.1. The molecule has 3 rings (SSSR count). The van der Waals surface area contributed by atoms with E-state index < -0.39 is 5.97 Å². The van der Waals surface area contributed by atoms with Crippen molar-refractivity contribution in [2.45, 2.75) is 13.8 Å². The number of hydrogen-bond acceptors (Lipinski definition) is 1. The van der Waals surface area contributed by atoms with Gasteiger partial charge in [-0.1, -0.05) is 30.3 Å². The fourth-order valence-corrected chi connectivity index (χ4v) is 2.73. The molecule has 0 spiro atoms. The Labute approximate surface area is 129 Å². The first-order chi connectivity index (χ1) is 10.6. The van der Waals surface area contributed by atoms with Crippen LogP contribution in [-0.2, 0) is 0 Å². The van der Waals surface area contributed by atoms with E-state index in [1.54, 1.807) is 12.1 Å². The highest BCUT2D eigenvalue weighted by Crippen LogP contribution is 2.28. The van der Waals surface area contributed by atoms with Crippen LogP contribution in [-0.4, -0.2) is 15.6 Å². The molecule has 2 aromatic carbocycles. The van der Waals surface area contributed by atoms with Gasteiger partial charge in [0.15, 0.2) is 0 Å². The van der Waals surface area contributed by atoms with Crippen molar-refractivity contribution in [3.8, 4) is 16.9 Å². The lowest BCUT2D eigenvalue weighted by Gasteiger charge is -2.15. The zero-order chi connectivity index (χ0) is 15.7. The summed E-state index contributed by atoms with van der Waals surface area (Å²) >= 11 is 0. The summed E-state index contributed by atoms with van der Waals surface area (Å²) in [6, 6.07) is 19.6. The first-order valence-electron chi connectivity index (χ1n) is 7.16. The Kier molecular flexibility index (Phi) is 3.55. The molecule has 22 heavy (non-hydrogen) atoms. The van der Waals surface area contributed by atoms with Gasteiger partial charge >= 0.3 is 5.97 Å². The summed E-state index contributed by atoms with van der Waals surface area (Å²) in [5.74, 6) is -0.901. The summed E-state index contributed by atoms with van der Waals surface area (Å²) in [5.41, 5.74) is 5.61. The minimum atomic E-state index is -0.901. The van der Waals surface area contributed by atoms with E-state index in [9.17, 15) is 4.79 Å². The van der Waals surface area contributed by atoms with E-state index in [1.807, 2.05) is 31.2 Å². The minimum Gasteiger partial charge on any atom is -0.478 e. The maximum absolute atomic E-state index is 11.1. The normalized spacial score (nSPS) is 10.6. The number of benzene rings is 2. The van der Waals surface area contributed by atoms with Crippen molar-refractivity contribution >= 4 is 5.97 Å². The summed E-state index contributed by atoms with van der Waals surface area (Å²) < 4.78 is 2.16. The van der Waals surface area contributed by atoms with Crippen molar-refractivity contribution in [2.75, 3.05) is 0 Å². The molecule has 0 fully saturated rings. The van der Waals surface area contributed by atoms with E-state index in [0.29, 0.717) is 5.56 Å². The number of carboxylic acids is 1. The highest BCUT2D eigenvalue weighted by atomic mass is 16.4. The molecular weight excluding hydrogens is 274 g/mol.